The Balaban J connectivity index is 1.77. The SMILES string of the molecule is COc1cccc(Cl)c1CNc1ccc2c(c1)CCO2. The van der Waals surface area contributed by atoms with Crippen molar-refractivity contribution in [2.24, 2.45) is 0 Å². The second kappa shape index (κ2) is 5.63. The number of fused-ring (bicyclic) bond motifs is 1. The van der Waals surface area contributed by atoms with Crippen molar-refractivity contribution in [1.29, 1.82) is 0 Å². The highest BCUT2D eigenvalue weighted by molar-refractivity contribution is 6.31. The molecule has 2 aromatic rings. The molecule has 0 aliphatic carbocycles. The van der Waals surface area contributed by atoms with Gasteiger partial charge in [-0.25, -0.2) is 0 Å². The molecule has 1 heterocycles. The highest BCUT2D eigenvalue weighted by atomic mass is 35.5. The van der Waals surface area contributed by atoms with Crippen LogP contribution in [0.15, 0.2) is 36.4 Å². The lowest BCUT2D eigenvalue weighted by molar-refractivity contribution is 0.357. The summed E-state index contributed by atoms with van der Waals surface area (Å²) in [5, 5.41) is 4.10. The first kappa shape index (κ1) is 13.1. The van der Waals surface area contributed by atoms with E-state index in [1.165, 1.54) is 5.56 Å². The van der Waals surface area contributed by atoms with Crippen molar-refractivity contribution in [3.05, 3.63) is 52.5 Å². The van der Waals surface area contributed by atoms with Gasteiger partial charge < -0.3 is 14.8 Å². The van der Waals surface area contributed by atoms with Gasteiger partial charge in [0.1, 0.15) is 11.5 Å². The lowest BCUT2D eigenvalue weighted by atomic mass is 10.1. The fraction of sp³-hybridized carbons (Fsp3) is 0.250. The van der Waals surface area contributed by atoms with Gasteiger partial charge in [-0.2, -0.15) is 0 Å². The monoisotopic (exact) mass is 289 g/mol. The molecule has 0 radical (unpaired) electrons. The predicted molar refractivity (Wildman–Crippen MR) is 81.0 cm³/mol. The minimum absolute atomic E-state index is 0.627. The first-order valence-electron chi connectivity index (χ1n) is 6.59. The molecule has 20 heavy (non-hydrogen) atoms. The molecule has 0 amide bonds. The van der Waals surface area contributed by atoms with Crippen molar-refractivity contribution in [1.82, 2.24) is 0 Å². The van der Waals surface area contributed by atoms with Gasteiger partial charge in [0.2, 0.25) is 0 Å². The average molecular weight is 290 g/mol. The van der Waals surface area contributed by atoms with Gasteiger partial charge in [-0.1, -0.05) is 17.7 Å². The number of hydrogen-bond acceptors (Lipinski definition) is 3. The van der Waals surface area contributed by atoms with E-state index in [4.69, 9.17) is 21.1 Å². The van der Waals surface area contributed by atoms with Gasteiger partial charge >= 0.3 is 0 Å². The highest BCUT2D eigenvalue weighted by Crippen LogP contribution is 2.30. The van der Waals surface area contributed by atoms with Crippen molar-refractivity contribution in [3.63, 3.8) is 0 Å². The Morgan fingerprint density at radius 1 is 1.30 bits per heavy atom. The second-order valence-corrected chi connectivity index (χ2v) is 5.10. The van der Waals surface area contributed by atoms with Crippen LogP contribution in [0.3, 0.4) is 0 Å². The van der Waals surface area contributed by atoms with E-state index < -0.39 is 0 Å². The van der Waals surface area contributed by atoms with Crippen molar-refractivity contribution < 1.29 is 9.47 Å². The molecule has 2 aromatic carbocycles. The molecule has 0 aromatic heterocycles. The first-order chi connectivity index (χ1) is 9.78. The molecule has 4 heteroatoms. The smallest absolute Gasteiger partial charge is 0.125 e. The fourth-order valence-corrected chi connectivity index (χ4v) is 2.62. The normalized spacial score (nSPS) is 12.7. The lowest BCUT2D eigenvalue weighted by Gasteiger charge is -2.12. The number of hydrogen-bond donors (Lipinski definition) is 1. The minimum Gasteiger partial charge on any atom is -0.496 e. The van der Waals surface area contributed by atoms with Crippen LogP contribution in [0.1, 0.15) is 11.1 Å². The van der Waals surface area contributed by atoms with Crippen LogP contribution in [-0.4, -0.2) is 13.7 Å². The van der Waals surface area contributed by atoms with Gasteiger partial charge in [0.25, 0.3) is 0 Å². The molecule has 0 fully saturated rings. The standard InChI is InChI=1S/C16H16ClNO2/c1-19-16-4-2-3-14(17)13(16)10-18-12-5-6-15-11(9-12)7-8-20-15/h2-6,9,18H,7-8,10H2,1H3. The van der Waals surface area contributed by atoms with Crippen LogP contribution in [-0.2, 0) is 13.0 Å². The Hall–Kier alpha value is -1.87. The molecular weight excluding hydrogens is 274 g/mol. The van der Waals surface area contributed by atoms with E-state index >= 15 is 0 Å². The summed E-state index contributed by atoms with van der Waals surface area (Å²) in [5.41, 5.74) is 3.28. The van der Waals surface area contributed by atoms with E-state index in [0.29, 0.717) is 11.6 Å². The summed E-state index contributed by atoms with van der Waals surface area (Å²) in [6.07, 6.45) is 0.972. The van der Waals surface area contributed by atoms with Crippen LogP contribution in [0.25, 0.3) is 0 Å². The minimum atomic E-state index is 0.627. The molecule has 0 spiro atoms. The zero-order valence-electron chi connectivity index (χ0n) is 11.3. The van der Waals surface area contributed by atoms with Crippen molar-refractivity contribution in [3.8, 4) is 11.5 Å². The Kier molecular flexibility index (Phi) is 3.70. The molecule has 3 nitrogen and oxygen atoms in total. The summed E-state index contributed by atoms with van der Waals surface area (Å²) < 4.78 is 10.8. The second-order valence-electron chi connectivity index (χ2n) is 4.70. The number of halogens is 1. The summed E-state index contributed by atoms with van der Waals surface area (Å²) >= 11 is 6.23. The van der Waals surface area contributed by atoms with E-state index in [9.17, 15) is 0 Å². The van der Waals surface area contributed by atoms with Gasteiger partial charge in [0, 0.05) is 29.2 Å². The topological polar surface area (TPSA) is 30.5 Å². The first-order valence-corrected chi connectivity index (χ1v) is 6.96. The van der Waals surface area contributed by atoms with Crippen LogP contribution < -0.4 is 14.8 Å². The molecule has 1 aliphatic rings. The Bertz CT molecular complexity index is 628. The lowest BCUT2D eigenvalue weighted by Crippen LogP contribution is -2.02. The molecule has 1 aliphatic heterocycles. The molecular formula is C16H16ClNO2. The number of anilines is 1. The van der Waals surface area contributed by atoms with Crippen molar-refractivity contribution in [2.45, 2.75) is 13.0 Å². The summed E-state index contributed by atoms with van der Waals surface area (Å²) in [6, 6.07) is 11.8. The quantitative estimate of drug-likeness (QED) is 0.926. The zero-order chi connectivity index (χ0) is 13.9. The largest absolute Gasteiger partial charge is 0.496 e. The number of benzene rings is 2. The van der Waals surface area contributed by atoms with Crippen LogP contribution in [0.2, 0.25) is 5.02 Å². The van der Waals surface area contributed by atoms with Crippen molar-refractivity contribution >= 4 is 17.3 Å². The third-order valence-corrected chi connectivity index (χ3v) is 3.81. The van der Waals surface area contributed by atoms with Crippen molar-refractivity contribution in [2.75, 3.05) is 19.0 Å². The van der Waals surface area contributed by atoms with Crippen LogP contribution in [0.5, 0.6) is 11.5 Å². The third-order valence-electron chi connectivity index (χ3n) is 3.45. The summed E-state index contributed by atoms with van der Waals surface area (Å²) in [5.74, 6) is 1.79. The molecule has 0 bridgehead atoms. The average Bonchev–Trinajstić information content (AvgIpc) is 2.93. The maximum atomic E-state index is 6.23. The zero-order valence-corrected chi connectivity index (χ0v) is 12.0. The van der Waals surface area contributed by atoms with E-state index in [0.717, 1.165) is 35.8 Å². The van der Waals surface area contributed by atoms with Crippen LogP contribution >= 0.6 is 11.6 Å². The molecule has 0 atom stereocenters. The Morgan fingerprint density at radius 3 is 3.05 bits per heavy atom. The Morgan fingerprint density at radius 2 is 2.20 bits per heavy atom. The van der Waals surface area contributed by atoms with Gasteiger partial charge in [0.05, 0.1) is 13.7 Å². The maximum absolute atomic E-state index is 6.23. The maximum Gasteiger partial charge on any atom is 0.125 e. The molecule has 0 saturated carbocycles. The number of methoxy groups -OCH3 is 1. The summed E-state index contributed by atoms with van der Waals surface area (Å²) in [7, 11) is 1.65. The summed E-state index contributed by atoms with van der Waals surface area (Å²) in [6.45, 7) is 1.40. The van der Waals surface area contributed by atoms with Gasteiger partial charge in [-0.15, -0.1) is 0 Å². The van der Waals surface area contributed by atoms with Crippen LogP contribution in [0, 0.1) is 0 Å². The molecule has 3 rings (SSSR count). The Labute approximate surface area is 123 Å². The number of ether oxygens (including phenoxy) is 2. The van der Waals surface area contributed by atoms with Gasteiger partial charge in [0.15, 0.2) is 0 Å². The number of rotatable bonds is 4. The predicted octanol–water partition coefficient (Wildman–Crippen LogP) is 3.90. The van der Waals surface area contributed by atoms with Gasteiger partial charge in [-0.3, -0.25) is 0 Å². The molecule has 0 unspecified atom stereocenters. The molecule has 104 valence electrons. The number of nitrogens with one attached hydrogen (secondary N) is 1. The third kappa shape index (κ3) is 2.54. The van der Waals surface area contributed by atoms with E-state index in [1.54, 1.807) is 7.11 Å². The van der Waals surface area contributed by atoms with Crippen LogP contribution in [0.4, 0.5) is 5.69 Å². The highest BCUT2D eigenvalue weighted by Gasteiger charge is 2.12. The van der Waals surface area contributed by atoms with E-state index in [1.807, 2.05) is 30.3 Å². The fourth-order valence-electron chi connectivity index (χ4n) is 2.39. The van der Waals surface area contributed by atoms with E-state index in [2.05, 4.69) is 11.4 Å². The molecule has 0 saturated heterocycles. The molecule has 1 N–H and O–H groups in total. The summed E-state index contributed by atoms with van der Waals surface area (Å²) in [4.78, 5) is 0. The van der Waals surface area contributed by atoms with Gasteiger partial charge in [-0.05, 0) is 35.9 Å². The van der Waals surface area contributed by atoms with E-state index in [-0.39, 0.29) is 0 Å².